The first-order valence-electron chi connectivity index (χ1n) is 11.3. The highest BCUT2D eigenvalue weighted by atomic mass is 32.2. The average molecular weight is 469 g/mol. The number of rotatable bonds is 8. The van der Waals surface area contributed by atoms with Gasteiger partial charge in [0.2, 0.25) is 5.89 Å². The number of aromatic nitrogens is 2. The van der Waals surface area contributed by atoms with Gasteiger partial charge in [-0.25, -0.2) is 9.40 Å². The average Bonchev–Trinajstić information content (AvgIpc) is 3.62. The van der Waals surface area contributed by atoms with E-state index < -0.39 is 0 Å². The van der Waals surface area contributed by atoms with Crippen LogP contribution in [-0.4, -0.2) is 32.6 Å². The molecule has 0 spiro atoms. The van der Waals surface area contributed by atoms with Gasteiger partial charge < -0.3 is 8.83 Å². The van der Waals surface area contributed by atoms with Crippen molar-refractivity contribution in [1.29, 1.82) is 0 Å². The Bertz CT molecular complexity index is 1110. The molecular formula is C24H25FN4O3S. The number of hydrazone groups is 1. The third-order valence-electron chi connectivity index (χ3n) is 6.23. The molecule has 1 aliphatic carbocycles. The maximum absolute atomic E-state index is 13.4. The zero-order chi connectivity index (χ0) is 22.6. The lowest BCUT2D eigenvalue weighted by Gasteiger charge is -2.21. The lowest BCUT2D eigenvalue weighted by molar-refractivity contribution is -0.130. The van der Waals surface area contributed by atoms with Crippen molar-refractivity contribution in [1.82, 2.24) is 15.2 Å². The van der Waals surface area contributed by atoms with Gasteiger partial charge in [0.15, 0.2) is 0 Å². The van der Waals surface area contributed by atoms with E-state index in [1.165, 1.54) is 54.6 Å². The minimum atomic E-state index is -0.330. The second-order valence-corrected chi connectivity index (χ2v) is 9.40. The van der Waals surface area contributed by atoms with Crippen LogP contribution in [0.2, 0.25) is 0 Å². The van der Waals surface area contributed by atoms with Crippen LogP contribution in [0, 0.1) is 11.7 Å². The molecule has 1 aliphatic heterocycles. The molecule has 2 aromatic heterocycles. The minimum Gasteiger partial charge on any atom is -0.463 e. The van der Waals surface area contributed by atoms with Crippen molar-refractivity contribution in [3.8, 4) is 0 Å². The van der Waals surface area contributed by atoms with Crippen LogP contribution in [0.4, 0.5) is 4.39 Å². The Morgan fingerprint density at radius 2 is 1.97 bits per heavy atom. The molecule has 1 aromatic carbocycles. The van der Waals surface area contributed by atoms with Crippen molar-refractivity contribution in [3.05, 3.63) is 65.7 Å². The minimum absolute atomic E-state index is 0.108. The number of benzene rings is 1. The summed E-state index contributed by atoms with van der Waals surface area (Å²) in [7, 11) is 0. The van der Waals surface area contributed by atoms with Crippen LogP contribution >= 0.6 is 11.8 Å². The van der Waals surface area contributed by atoms with Gasteiger partial charge in [0.05, 0.1) is 18.1 Å². The van der Waals surface area contributed by atoms with Gasteiger partial charge in [-0.05, 0) is 42.2 Å². The largest absolute Gasteiger partial charge is 0.463 e. The number of halogens is 1. The molecule has 2 aliphatic rings. The van der Waals surface area contributed by atoms with Crippen molar-refractivity contribution >= 4 is 23.4 Å². The molecule has 33 heavy (non-hydrogen) atoms. The highest BCUT2D eigenvalue weighted by molar-refractivity contribution is 7.99. The summed E-state index contributed by atoms with van der Waals surface area (Å²) in [6.45, 7) is 0. The van der Waals surface area contributed by atoms with Crippen LogP contribution in [0.5, 0.6) is 0 Å². The third kappa shape index (κ3) is 5.19. The SMILES string of the molecule is O=C(CSc1nnc(CCC2CCCC2)o1)N1N=C(c2ccco2)CC1c1ccc(F)cc1. The zero-order valence-electron chi connectivity index (χ0n) is 18.2. The first-order chi connectivity index (χ1) is 16.2. The number of hydrogen-bond acceptors (Lipinski definition) is 7. The number of aryl methyl sites for hydroxylation is 1. The summed E-state index contributed by atoms with van der Waals surface area (Å²) in [5.74, 6) is 1.60. The smallest absolute Gasteiger partial charge is 0.277 e. The van der Waals surface area contributed by atoms with Crippen molar-refractivity contribution in [2.45, 2.75) is 56.2 Å². The molecule has 9 heteroatoms. The lowest BCUT2D eigenvalue weighted by Crippen LogP contribution is -2.28. The molecule has 0 N–H and O–H groups in total. The molecule has 172 valence electrons. The summed E-state index contributed by atoms with van der Waals surface area (Å²) in [6, 6.07) is 9.42. The van der Waals surface area contributed by atoms with Gasteiger partial charge >= 0.3 is 0 Å². The fourth-order valence-corrected chi connectivity index (χ4v) is 5.12. The summed E-state index contributed by atoms with van der Waals surface area (Å²) in [6.07, 6.45) is 9.12. The van der Waals surface area contributed by atoms with Crippen molar-refractivity contribution in [2.75, 3.05) is 5.75 Å². The van der Waals surface area contributed by atoms with Gasteiger partial charge in [-0.1, -0.05) is 49.6 Å². The number of nitrogens with zero attached hydrogens (tertiary/aromatic N) is 4. The summed E-state index contributed by atoms with van der Waals surface area (Å²) < 4.78 is 24.6. The van der Waals surface area contributed by atoms with Gasteiger partial charge in [-0.15, -0.1) is 10.2 Å². The van der Waals surface area contributed by atoms with E-state index in [1.54, 1.807) is 24.5 Å². The van der Waals surface area contributed by atoms with Crippen LogP contribution in [-0.2, 0) is 11.2 Å². The van der Waals surface area contributed by atoms with Crippen LogP contribution in [0.15, 0.2) is 61.8 Å². The van der Waals surface area contributed by atoms with Crippen molar-refractivity contribution in [3.63, 3.8) is 0 Å². The zero-order valence-corrected chi connectivity index (χ0v) is 19.0. The number of carbonyl (C=O) groups excluding carboxylic acids is 1. The van der Waals surface area contributed by atoms with E-state index in [9.17, 15) is 9.18 Å². The van der Waals surface area contributed by atoms with Crippen molar-refractivity contribution in [2.24, 2.45) is 11.0 Å². The Kier molecular flexibility index (Phi) is 6.57. The molecular weight excluding hydrogens is 443 g/mol. The number of furan rings is 1. The molecule has 3 heterocycles. The summed E-state index contributed by atoms with van der Waals surface area (Å²) in [5.41, 5.74) is 1.49. The lowest BCUT2D eigenvalue weighted by atomic mass is 10.0. The summed E-state index contributed by atoms with van der Waals surface area (Å²) in [4.78, 5) is 13.1. The Morgan fingerprint density at radius 1 is 1.15 bits per heavy atom. The molecule has 1 atom stereocenters. The second kappa shape index (κ2) is 9.91. The fraction of sp³-hybridized carbons (Fsp3) is 0.417. The molecule has 1 amide bonds. The molecule has 1 unspecified atom stereocenters. The molecule has 5 rings (SSSR count). The van der Waals surface area contributed by atoms with Gasteiger partial charge in [-0.2, -0.15) is 5.10 Å². The van der Waals surface area contributed by atoms with Gasteiger partial charge in [0, 0.05) is 12.8 Å². The van der Waals surface area contributed by atoms with Crippen molar-refractivity contribution < 1.29 is 18.0 Å². The van der Waals surface area contributed by atoms with Gasteiger partial charge in [0.25, 0.3) is 11.1 Å². The molecule has 0 saturated heterocycles. The number of hydrogen-bond donors (Lipinski definition) is 0. The molecule has 7 nitrogen and oxygen atoms in total. The van der Waals surface area contributed by atoms with Gasteiger partial charge in [-0.3, -0.25) is 4.79 Å². The number of carbonyl (C=O) groups is 1. The Balaban J connectivity index is 1.24. The standard InChI is InChI=1S/C24H25FN4O3S/c25-18-10-8-17(9-11-18)20-14-19(21-6-3-13-31-21)28-29(20)23(30)15-33-24-27-26-22(32-24)12-7-16-4-1-2-5-16/h3,6,8-11,13,16,20H,1-2,4-5,7,12,14-15H2. The predicted molar refractivity (Wildman–Crippen MR) is 121 cm³/mol. The van der Waals surface area contributed by atoms with Crippen LogP contribution in [0.25, 0.3) is 0 Å². The highest BCUT2D eigenvalue weighted by Gasteiger charge is 2.34. The first kappa shape index (κ1) is 21.9. The molecule has 1 saturated carbocycles. The molecule has 3 aromatic rings. The summed E-state index contributed by atoms with van der Waals surface area (Å²) >= 11 is 1.21. The van der Waals surface area contributed by atoms with E-state index in [0.717, 1.165) is 24.3 Å². The monoisotopic (exact) mass is 468 g/mol. The number of thioether (sulfide) groups is 1. The molecule has 0 bridgehead atoms. The van der Waals surface area contributed by atoms with E-state index in [4.69, 9.17) is 8.83 Å². The Labute approximate surface area is 195 Å². The topological polar surface area (TPSA) is 84.7 Å². The van der Waals surface area contributed by atoms with E-state index in [0.29, 0.717) is 29.0 Å². The highest BCUT2D eigenvalue weighted by Crippen LogP contribution is 2.34. The second-order valence-electron chi connectivity index (χ2n) is 8.47. The van der Waals surface area contributed by atoms with E-state index >= 15 is 0 Å². The predicted octanol–water partition coefficient (Wildman–Crippen LogP) is 5.39. The Morgan fingerprint density at radius 3 is 2.73 bits per heavy atom. The maximum atomic E-state index is 13.4. The Hall–Kier alpha value is -2.94. The summed E-state index contributed by atoms with van der Waals surface area (Å²) in [5, 5.41) is 14.6. The van der Waals surface area contributed by atoms with Crippen LogP contribution < -0.4 is 0 Å². The van der Waals surface area contributed by atoms with Crippen LogP contribution in [0.1, 0.15) is 61.8 Å². The van der Waals surface area contributed by atoms with E-state index in [-0.39, 0.29) is 23.5 Å². The molecule has 0 radical (unpaired) electrons. The third-order valence-corrected chi connectivity index (χ3v) is 7.04. The van der Waals surface area contributed by atoms with E-state index in [2.05, 4.69) is 15.3 Å². The number of amides is 1. The van der Waals surface area contributed by atoms with Gasteiger partial charge in [0.1, 0.15) is 17.3 Å². The van der Waals surface area contributed by atoms with Crippen LogP contribution in [0.3, 0.4) is 0 Å². The molecule has 1 fully saturated rings. The van der Waals surface area contributed by atoms with E-state index in [1.807, 2.05) is 6.07 Å². The first-order valence-corrected chi connectivity index (χ1v) is 12.3. The fourth-order valence-electron chi connectivity index (χ4n) is 4.49. The quantitative estimate of drug-likeness (QED) is 0.412. The normalized spacial score (nSPS) is 18.8. The maximum Gasteiger partial charge on any atom is 0.277 e.